The van der Waals surface area contributed by atoms with E-state index in [9.17, 15) is 19.2 Å². The molecule has 0 aromatic rings. The van der Waals surface area contributed by atoms with Crippen LogP contribution in [0.3, 0.4) is 0 Å². The summed E-state index contributed by atoms with van der Waals surface area (Å²) in [7, 11) is 2.20. The van der Waals surface area contributed by atoms with Crippen LogP contribution in [0, 0.1) is 35.5 Å². The fraction of sp³-hybridized carbons (Fsp3) is 0.932. The second-order valence-corrected chi connectivity index (χ2v) is 21.5. The number of carbonyl (C=O) groups excluding carboxylic acids is 4. The summed E-state index contributed by atoms with van der Waals surface area (Å²) in [6.07, 6.45) is 23.5. The predicted octanol–water partition coefficient (Wildman–Crippen LogP) is 14.2. The Balaban J connectivity index is -0.000000237. The summed E-state index contributed by atoms with van der Waals surface area (Å²) < 4.78 is 4.90. The van der Waals surface area contributed by atoms with Crippen molar-refractivity contribution in [1.82, 2.24) is 29.4 Å². The van der Waals surface area contributed by atoms with E-state index in [1.54, 1.807) is 23.6 Å². The van der Waals surface area contributed by atoms with Crippen LogP contribution in [0.1, 0.15) is 229 Å². The fourth-order valence-electron chi connectivity index (χ4n) is 9.79. The number of hydrogen-bond donors (Lipinski definition) is 1. The summed E-state index contributed by atoms with van der Waals surface area (Å²) in [5, 5.41) is 0. The van der Waals surface area contributed by atoms with Gasteiger partial charge in [0, 0.05) is 72.2 Å². The molecule has 6 aliphatic heterocycles. The molecule has 12 heteroatoms. The number of primary amides is 1. The molecule has 7 rings (SSSR count). The lowest BCUT2D eigenvalue weighted by molar-refractivity contribution is -0.132. The third-order valence-electron chi connectivity index (χ3n) is 14.8. The summed E-state index contributed by atoms with van der Waals surface area (Å²) in [5.74, 6) is 5.64. The number of nitrogens with two attached hydrogens (primary N) is 1. The molecule has 0 radical (unpaired) electrons. The van der Waals surface area contributed by atoms with E-state index in [1.165, 1.54) is 123 Å². The van der Waals surface area contributed by atoms with Gasteiger partial charge in [0.25, 0.3) is 0 Å². The summed E-state index contributed by atoms with van der Waals surface area (Å²) in [5.41, 5.74) is 5.10. The molecule has 7 fully saturated rings. The highest BCUT2D eigenvalue weighted by Gasteiger charge is 2.22. The molecule has 2 N–H and O–H groups in total. The highest BCUT2D eigenvalue weighted by atomic mass is 16.6. The number of piperidine rings is 6. The minimum atomic E-state index is -0.271. The molecule has 0 spiro atoms. The van der Waals surface area contributed by atoms with Crippen molar-refractivity contribution >= 4 is 23.9 Å². The zero-order valence-corrected chi connectivity index (χ0v) is 45.3. The van der Waals surface area contributed by atoms with E-state index in [2.05, 4.69) is 72.2 Å². The normalized spacial score (nSPS) is 23.1. The number of rotatable bonds is 2. The second-order valence-electron chi connectivity index (χ2n) is 21.5. The van der Waals surface area contributed by atoms with Gasteiger partial charge in [-0.05, 0) is 166 Å². The smallest absolute Gasteiger partial charge is 0.409 e. The average Bonchev–Trinajstić information content (AvgIpc) is 3.29. The number of amides is 5. The summed E-state index contributed by atoms with van der Waals surface area (Å²) in [6.45, 7) is 36.5. The number of hydrogen-bond acceptors (Lipinski definition) is 7. The molecule has 0 aromatic carbocycles. The molecule has 0 aromatic heterocycles. The van der Waals surface area contributed by atoms with E-state index in [0.29, 0.717) is 18.6 Å². The molecule has 71 heavy (non-hydrogen) atoms. The molecule has 3 unspecified atom stereocenters. The van der Waals surface area contributed by atoms with Crippen molar-refractivity contribution in [3.63, 3.8) is 0 Å². The van der Waals surface area contributed by atoms with Gasteiger partial charge in [-0.1, -0.05) is 118 Å². The fourth-order valence-corrected chi connectivity index (χ4v) is 9.79. The van der Waals surface area contributed by atoms with Gasteiger partial charge in [0.15, 0.2) is 0 Å². The zero-order valence-electron chi connectivity index (χ0n) is 45.3. The molecule has 7 aliphatic rings. The van der Waals surface area contributed by atoms with Crippen LogP contribution in [-0.4, -0.2) is 152 Å². The van der Waals surface area contributed by atoms with Crippen molar-refractivity contribution in [3.05, 3.63) is 0 Å². The monoisotopic (exact) mass is 1010 g/mol. The van der Waals surface area contributed by atoms with E-state index >= 15 is 0 Å². The van der Waals surface area contributed by atoms with Crippen molar-refractivity contribution in [2.75, 3.05) is 92.2 Å². The molecular formula is C59H127N7O5. The lowest BCUT2D eigenvalue weighted by Crippen LogP contribution is -2.41. The van der Waals surface area contributed by atoms with E-state index in [0.717, 1.165) is 101 Å². The lowest BCUT2D eigenvalue weighted by atomic mass is 9.91. The topological polar surface area (TPSA) is 123 Å². The molecule has 12 nitrogen and oxygen atoms in total. The highest BCUT2D eigenvalue weighted by molar-refractivity contribution is 5.74. The number of urea groups is 1. The van der Waals surface area contributed by atoms with Gasteiger partial charge in [0.1, 0.15) is 0 Å². The minimum absolute atomic E-state index is 0. The number of ether oxygens (including phenoxy) is 1. The third kappa shape index (κ3) is 37.7. The number of nitrogens with zero attached hydrogens (tertiary/aromatic N) is 6. The van der Waals surface area contributed by atoms with Gasteiger partial charge in [-0.2, -0.15) is 0 Å². The Morgan fingerprint density at radius 1 is 0.451 bits per heavy atom. The van der Waals surface area contributed by atoms with Gasteiger partial charge >= 0.3 is 12.1 Å². The summed E-state index contributed by atoms with van der Waals surface area (Å²) >= 11 is 0. The van der Waals surface area contributed by atoms with Crippen LogP contribution in [0.4, 0.5) is 9.59 Å². The van der Waals surface area contributed by atoms with Gasteiger partial charge < -0.3 is 39.9 Å². The molecule has 0 bridgehead atoms. The van der Waals surface area contributed by atoms with E-state index in [-0.39, 0.29) is 61.1 Å². The largest absolute Gasteiger partial charge is 0.450 e. The maximum atomic E-state index is 11.2. The highest BCUT2D eigenvalue weighted by Crippen LogP contribution is 2.22. The Morgan fingerprint density at radius 3 is 1.20 bits per heavy atom. The first-order chi connectivity index (χ1) is 31.4. The van der Waals surface area contributed by atoms with E-state index < -0.39 is 0 Å². The van der Waals surface area contributed by atoms with Gasteiger partial charge in [0.2, 0.25) is 11.8 Å². The zero-order chi connectivity index (χ0) is 49.4. The Kier molecular flexibility index (Phi) is 50.1. The average molecular weight is 1010 g/mol. The summed E-state index contributed by atoms with van der Waals surface area (Å²) in [6, 6.07) is 0.207. The molecule has 1 aliphatic carbocycles. The van der Waals surface area contributed by atoms with Gasteiger partial charge in [-0.25, -0.2) is 9.59 Å². The van der Waals surface area contributed by atoms with Crippen LogP contribution in [0.5, 0.6) is 0 Å². The van der Waals surface area contributed by atoms with Crippen LogP contribution in [0.25, 0.3) is 0 Å². The third-order valence-corrected chi connectivity index (χ3v) is 14.8. The quantitative estimate of drug-likeness (QED) is 0.292. The maximum absolute atomic E-state index is 11.2. The van der Waals surface area contributed by atoms with Gasteiger partial charge in [-0.15, -0.1) is 0 Å². The Labute approximate surface area is 444 Å². The van der Waals surface area contributed by atoms with Crippen LogP contribution in [0.2, 0.25) is 0 Å². The maximum Gasteiger partial charge on any atom is 0.409 e. The Bertz CT molecular complexity index is 1250. The molecule has 1 saturated carbocycles. The molecular weight excluding hydrogens is 887 g/mol. The van der Waals surface area contributed by atoms with Crippen molar-refractivity contribution < 1.29 is 23.9 Å². The van der Waals surface area contributed by atoms with Crippen molar-refractivity contribution in [2.45, 2.75) is 235 Å². The second kappa shape index (κ2) is 46.0. The van der Waals surface area contributed by atoms with Gasteiger partial charge in [0.05, 0.1) is 6.61 Å². The number of carbonyl (C=O) groups is 4. The van der Waals surface area contributed by atoms with Crippen LogP contribution in [-0.2, 0) is 14.3 Å². The van der Waals surface area contributed by atoms with E-state index in [4.69, 9.17) is 10.5 Å². The van der Waals surface area contributed by atoms with Crippen molar-refractivity contribution in [1.29, 1.82) is 0 Å². The first-order valence-corrected chi connectivity index (χ1v) is 27.3. The SMILES string of the molecule is C.C.C.C.C.CC(=O)N1CCCC(C)C1.CC(=O)N1CCCCC1C.CC1CCCCC1.CC1CCCN(C)C1.CC1CCN(C(N)=O)CC1.CCN1CCC(C)CC1.CCOC(=O)N1CCC(C)CC1. The van der Waals surface area contributed by atoms with Crippen LogP contribution < -0.4 is 5.73 Å². The van der Waals surface area contributed by atoms with Crippen molar-refractivity contribution in [3.8, 4) is 0 Å². The van der Waals surface area contributed by atoms with Gasteiger partial charge in [-0.3, -0.25) is 9.59 Å². The van der Waals surface area contributed by atoms with E-state index in [1.807, 2.05) is 16.7 Å². The molecule has 5 amide bonds. The van der Waals surface area contributed by atoms with Crippen LogP contribution >= 0.6 is 0 Å². The van der Waals surface area contributed by atoms with Crippen LogP contribution in [0.15, 0.2) is 0 Å². The first-order valence-electron chi connectivity index (χ1n) is 27.3. The Hall–Kier alpha value is -2.60. The Morgan fingerprint density at radius 2 is 0.873 bits per heavy atom. The lowest BCUT2D eigenvalue weighted by Gasteiger charge is -2.32. The number of likely N-dealkylation sites (tertiary alicyclic amines) is 6. The molecule has 6 saturated heterocycles. The molecule has 3 atom stereocenters. The molecule has 428 valence electrons. The molecule has 6 heterocycles. The first kappa shape index (κ1) is 77.3. The predicted molar refractivity (Wildman–Crippen MR) is 310 cm³/mol. The van der Waals surface area contributed by atoms with Crippen molar-refractivity contribution in [2.24, 2.45) is 41.2 Å². The summed E-state index contributed by atoms with van der Waals surface area (Å²) in [4.78, 5) is 56.0. The minimum Gasteiger partial charge on any atom is -0.450 e. The standard InChI is InChI=1S/C9H17NO2.2C8H15NO.C8H17N.C7H14N2O.C7H15N.C7H14.5CH4/c1-3-12-9(11)10-6-4-8(2)5-7-10;1-7-4-3-5-9(6-7)8(2)10;1-7-5-3-4-6-9(7)8(2)10;1-3-9-6-4-8(2)5-7-9;1-6-2-4-9(5-3-6)7(8)10;1-7-4-3-5-8(2)6-7;1-7-5-3-2-4-6-7;;;;;/h8H,3-7H2,1-2H3;2*7H,3-6H2,1-2H3;8H,3-7H2,1-2H3;6H,2-5H2,1H3,(H2,8,10);7H,3-6H2,1-2H3;7H,2-6H2,1H3;5*1H4.